The molecule has 0 bridgehead atoms. The Morgan fingerprint density at radius 1 is 1.29 bits per heavy atom. The van der Waals surface area contributed by atoms with Gasteiger partial charge < -0.3 is 0 Å². The quantitative estimate of drug-likeness (QED) is 0.637. The molecule has 3 nitrogen and oxygen atoms in total. The van der Waals surface area contributed by atoms with E-state index in [1.54, 1.807) is 6.07 Å². The van der Waals surface area contributed by atoms with Gasteiger partial charge >= 0.3 is 0 Å². The van der Waals surface area contributed by atoms with Crippen molar-refractivity contribution in [1.82, 2.24) is 10.2 Å². The van der Waals surface area contributed by atoms with Crippen LogP contribution in [0.25, 0.3) is 0 Å². The van der Waals surface area contributed by atoms with E-state index in [2.05, 4.69) is 10.2 Å². The summed E-state index contributed by atoms with van der Waals surface area (Å²) in [4.78, 5) is 11.3. The third-order valence-corrected chi connectivity index (χ3v) is 4.72. The first kappa shape index (κ1) is 12.5. The van der Waals surface area contributed by atoms with Crippen LogP contribution < -0.4 is 0 Å². The van der Waals surface area contributed by atoms with E-state index in [4.69, 9.17) is 0 Å². The number of halogens is 1. The summed E-state index contributed by atoms with van der Waals surface area (Å²) < 4.78 is 14.8. The molecule has 0 atom stereocenters. The molecule has 0 aliphatic carbocycles. The first-order valence-electron chi connectivity index (χ1n) is 4.52. The van der Waals surface area contributed by atoms with Gasteiger partial charge in [-0.25, -0.2) is 4.39 Å². The molecular formula is C10H7FN2OS3. The van der Waals surface area contributed by atoms with E-state index in [0.29, 0.717) is 16.7 Å². The molecule has 1 heterocycles. The molecule has 0 saturated heterocycles. The second kappa shape index (κ2) is 5.61. The predicted molar refractivity (Wildman–Crippen MR) is 67.6 cm³/mol. The van der Waals surface area contributed by atoms with E-state index in [-0.39, 0.29) is 0 Å². The Morgan fingerprint density at radius 2 is 2.06 bits per heavy atom. The summed E-state index contributed by atoms with van der Waals surface area (Å²) in [5, 5.41) is 7.91. The van der Waals surface area contributed by atoms with Crippen molar-refractivity contribution in [2.45, 2.75) is 13.6 Å². The lowest BCUT2D eigenvalue weighted by molar-refractivity contribution is 0.112. The monoisotopic (exact) mass is 286 g/mol. The van der Waals surface area contributed by atoms with Crippen LogP contribution in [-0.2, 0) is 0 Å². The highest BCUT2D eigenvalue weighted by molar-refractivity contribution is 8.03. The first-order valence-corrected chi connectivity index (χ1v) is 7.38. The predicted octanol–water partition coefficient (Wildman–Crippen LogP) is 3.36. The summed E-state index contributed by atoms with van der Waals surface area (Å²) in [6.45, 7) is 0. The van der Waals surface area contributed by atoms with Gasteiger partial charge in [-0.15, -0.1) is 10.2 Å². The summed E-state index contributed by atoms with van der Waals surface area (Å²) in [5.74, 6) is -0.424. The molecule has 1 aromatic heterocycles. The molecule has 2 aromatic rings. The van der Waals surface area contributed by atoms with E-state index in [0.717, 1.165) is 8.68 Å². The van der Waals surface area contributed by atoms with Gasteiger partial charge in [0, 0.05) is 10.5 Å². The number of carbonyl (C=O) groups excluding carboxylic acids is 1. The summed E-state index contributed by atoms with van der Waals surface area (Å²) in [5.41, 5.74) is 0.321. The molecule has 0 radical (unpaired) electrons. The summed E-state index contributed by atoms with van der Waals surface area (Å²) in [6, 6.07) is 4.20. The van der Waals surface area contributed by atoms with Crippen LogP contribution in [0.4, 0.5) is 4.39 Å². The smallest absolute Gasteiger partial charge is 0.179 e. The summed E-state index contributed by atoms with van der Waals surface area (Å²) >= 11 is 4.25. The lowest BCUT2D eigenvalue weighted by Gasteiger charge is -1.98. The number of thioether (sulfide) groups is 1. The Kier molecular flexibility index (Phi) is 4.14. The van der Waals surface area contributed by atoms with E-state index in [1.807, 2.05) is 6.26 Å². The van der Waals surface area contributed by atoms with Crippen molar-refractivity contribution >= 4 is 41.1 Å². The van der Waals surface area contributed by atoms with Gasteiger partial charge in [-0.3, -0.25) is 4.79 Å². The molecule has 0 N–H and O–H groups in total. The molecule has 0 saturated carbocycles. The van der Waals surface area contributed by atoms with E-state index >= 15 is 0 Å². The highest BCUT2D eigenvalue weighted by Gasteiger charge is 2.07. The molecule has 0 unspecified atom stereocenters. The van der Waals surface area contributed by atoms with Crippen molar-refractivity contribution < 1.29 is 9.18 Å². The molecule has 7 heteroatoms. The SMILES string of the molecule is CSc1nnc(Sc2cc(F)cc(C=O)c2)s1. The highest BCUT2D eigenvalue weighted by atomic mass is 32.2. The zero-order valence-corrected chi connectivity index (χ0v) is 11.2. The summed E-state index contributed by atoms with van der Waals surface area (Å²) in [7, 11) is 0. The van der Waals surface area contributed by atoms with E-state index in [1.165, 1.54) is 47.0 Å². The number of hydrogen-bond donors (Lipinski definition) is 0. The minimum Gasteiger partial charge on any atom is -0.298 e. The van der Waals surface area contributed by atoms with Crippen LogP contribution in [0.1, 0.15) is 10.4 Å². The van der Waals surface area contributed by atoms with Gasteiger partial charge in [0.25, 0.3) is 0 Å². The van der Waals surface area contributed by atoms with Crippen LogP contribution in [0.5, 0.6) is 0 Å². The number of aromatic nitrogens is 2. The van der Waals surface area contributed by atoms with Crippen molar-refractivity contribution in [2.24, 2.45) is 0 Å². The van der Waals surface area contributed by atoms with Gasteiger partial charge in [-0.1, -0.05) is 34.9 Å². The fraction of sp³-hybridized carbons (Fsp3) is 0.100. The molecule has 0 amide bonds. The van der Waals surface area contributed by atoms with Crippen molar-refractivity contribution in [2.75, 3.05) is 6.26 Å². The van der Waals surface area contributed by atoms with Gasteiger partial charge in [0.2, 0.25) is 0 Å². The largest absolute Gasteiger partial charge is 0.298 e. The Bertz CT molecular complexity index is 544. The maximum absolute atomic E-state index is 13.2. The van der Waals surface area contributed by atoms with Crippen LogP contribution in [0.15, 0.2) is 31.8 Å². The standard InChI is InChI=1S/C10H7FN2OS3/c1-15-9-12-13-10(17-9)16-8-3-6(5-14)2-7(11)4-8/h2-5H,1H3. The number of rotatable bonds is 4. The molecule has 88 valence electrons. The molecular weight excluding hydrogens is 279 g/mol. The van der Waals surface area contributed by atoms with Crippen molar-refractivity contribution in [1.29, 1.82) is 0 Å². The Hall–Kier alpha value is -0.920. The fourth-order valence-electron chi connectivity index (χ4n) is 1.13. The first-order chi connectivity index (χ1) is 8.21. The third kappa shape index (κ3) is 3.27. The van der Waals surface area contributed by atoms with Crippen molar-refractivity contribution in [3.05, 3.63) is 29.6 Å². The zero-order chi connectivity index (χ0) is 12.3. The van der Waals surface area contributed by atoms with Crippen molar-refractivity contribution in [3.8, 4) is 0 Å². The average molecular weight is 286 g/mol. The molecule has 0 spiro atoms. The Labute approximate surface area is 110 Å². The van der Waals surface area contributed by atoms with Crippen LogP contribution in [0, 0.1) is 5.82 Å². The lowest BCUT2D eigenvalue weighted by Crippen LogP contribution is -1.84. The fourth-order valence-corrected chi connectivity index (χ4v) is 3.64. The molecule has 2 rings (SSSR count). The van der Waals surface area contributed by atoms with Gasteiger partial charge in [0.05, 0.1) is 0 Å². The van der Waals surface area contributed by atoms with Gasteiger partial charge in [-0.05, 0) is 24.5 Å². The van der Waals surface area contributed by atoms with E-state index in [9.17, 15) is 9.18 Å². The van der Waals surface area contributed by atoms with Crippen molar-refractivity contribution in [3.63, 3.8) is 0 Å². The highest BCUT2D eigenvalue weighted by Crippen LogP contribution is 2.33. The average Bonchev–Trinajstić information content (AvgIpc) is 2.76. The minimum atomic E-state index is -0.424. The third-order valence-electron chi connectivity index (χ3n) is 1.80. The molecule has 0 aliphatic rings. The number of carbonyl (C=O) groups is 1. The molecule has 0 aliphatic heterocycles. The molecule has 1 aromatic carbocycles. The van der Waals surface area contributed by atoms with Crippen LogP contribution in [0.3, 0.4) is 0 Å². The maximum Gasteiger partial charge on any atom is 0.179 e. The van der Waals surface area contributed by atoms with Gasteiger partial charge in [0.1, 0.15) is 12.1 Å². The molecule has 0 fully saturated rings. The van der Waals surface area contributed by atoms with Gasteiger partial charge in [-0.2, -0.15) is 0 Å². The second-order valence-electron chi connectivity index (χ2n) is 2.98. The topological polar surface area (TPSA) is 42.9 Å². The zero-order valence-electron chi connectivity index (χ0n) is 8.71. The minimum absolute atomic E-state index is 0.321. The Morgan fingerprint density at radius 3 is 2.71 bits per heavy atom. The van der Waals surface area contributed by atoms with Crippen LogP contribution in [-0.4, -0.2) is 22.7 Å². The number of benzene rings is 1. The second-order valence-corrected chi connectivity index (χ2v) is 6.33. The number of nitrogens with zero attached hydrogens (tertiary/aromatic N) is 2. The number of aldehydes is 1. The molecule has 17 heavy (non-hydrogen) atoms. The number of hydrogen-bond acceptors (Lipinski definition) is 6. The normalized spacial score (nSPS) is 10.5. The Balaban J connectivity index is 2.23. The van der Waals surface area contributed by atoms with E-state index < -0.39 is 5.82 Å². The maximum atomic E-state index is 13.2. The lowest BCUT2D eigenvalue weighted by atomic mass is 10.2. The van der Waals surface area contributed by atoms with Crippen LogP contribution >= 0.6 is 34.9 Å². The van der Waals surface area contributed by atoms with Crippen LogP contribution in [0.2, 0.25) is 0 Å². The van der Waals surface area contributed by atoms with Gasteiger partial charge in [0.15, 0.2) is 8.68 Å². The summed E-state index contributed by atoms with van der Waals surface area (Å²) in [6.07, 6.45) is 2.54.